The van der Waals surface area contributed by atoms with E-state index >= 15 is 0 Å². The molecule has 26 heavy (non-hydrogen) atoms. The van der Waals surface area contributed by atoms with Crippen LogP contribution in [0.4, 0.5) is 24.8 Å². The normalized spacial score (nSPS) is 11.3. The molecular weight excluding hydrogens is 351 g/mol. The van der Waals surface area contributed by atoms with Crippen molar-refractivity contribution in [3.8, 4) is 17.2 Å². The molecule has 0 saturated heterocycles. The molecule has 0 spiro atoms. The Morgan fingerprint density at radius 2 is 1.73 bits per heavy atom. The van der Waals surface area contributed by atoms with Crippen molar-refractivity contribution < 1.29 is 27.4 Å². The average Bonchev–Trinajstić information content (AvgIpc) is 2.59. The number of nitrogens with zero attached hydrogens (tertiary/aromatic N) is 2. The summed E-state index contributed by atoms with van der Waals surface area (Å²) in [6.07, 6.45) is -3.18. The van der Waals surface area contributed by atoms with Gasteiger partial charge in [-0.25, -0.2) is 9.97 Å². The van der Waals surface area contributed by atoms with E-state index in [2.05, 4.69) is 20.0 Å². The van der Waals surface area contributed by atoms with Crippen molar-refractivity contribution in [3.05, 3.63) is 42.6 Å². The highest BCUT2D eigenvalue weighted by molar-refractivity contribution is 5.83. The fraction of sp³-hybridized carbons (Fsp3) is 0.176. The molecule has 0 atom stereocenters. The second kappa shape index (κ2) is 6.95. The van der Waals surface area contributed by atoms with E-state index in [9.17, 15) is 13.2 Å². The van der Waals surface area contributed by atoms with Crippen molar-refractivity contribution in [3.63, 3.8) is 0 Å². The maximum atomic E-state index is 12.3. The van der Waals surface area contributed by atoms with Crippen LogP contribution >= 0.6 is 0 Å². The Morgan fingerprint density at radius 3 is 2.42 bits per heavy atom. The molecule has 2 aromatic carbocycles. The molecule has 0 aliphatic carbocycles. The fourth-order valence-electron chi connectivity index (χ4n) is 2.32. The number of fused-ring (bicyclic) bond motifs is 1. The van der Waals surface area contributed by atoms with Crippen molar-refractivity contribution in [2.75, 3.05) is 19.5 Å². The second-order valence-corrected chi connectivity index (χ2v) is 5.16. The lowest BCUT2D eigenvalue weighted by Gasteiger charge is -2.11. The number of anilines is 2. The lowest BCUT2D eigenvalue weighted by Crippen LogP contribution is -2.17. The molecule has 0 unspecified atom stereocenters. The Balaban J connectivity index is 1.88. The van der Waals surface area contributed by atoms with E-state index in [1.54, 1.807) is 24.4 Å². The highest BCUT2D eigenvalue weighted by Crippen LogP contribution is 2.32. The van der Waals surface area contributed by atoms with Crippen LogP contribution in [0, 0.1) is 0 Å². The van der Waals surface area contributed by atoms with Gasteiger partial charge in [-0.1, -0.05) is 6.07 Å². The predicted octanol–water partition coefficient (Wildman–Crippen LogP) is 4.29. The van der Waals surface area contributed by atoms with Crippen LogP contribution in [0.1, 0.15) is 0 Å². The lowest BCUT2D eigenvalue weighted by atomic mass is 10.2. The summed E-state index contributed by atoms with van der Waals surface area (Å²) in [5, 5.41) is 3.57. The Bertz CT molecular complexity index is 932. The number of alkyl halides is 3. The molecule has 1 aromatic heterocycles. The molecular formula is C17H14F3N3O3. The molecule has 0 aliphatic rings. The molecule has 0 aliphatic heterocycles. The summed E-state index contributed by atoms with van der Waals surface area (Å²) in [7, 11) is 3.03. The molecule has 1 N–H and O–H groups in total. The molecule has 0 saturated carbocycles. The van der Waals surface area contributed by atoms with E-state index in [4.69, 9.17) is 9.47 Å². The van der Waals surface area contributed by atoms with Gasteiger partial charge >= 0.3 is 6.36 Å². The zero-order chi connectivity index (χ0) is 18.7. The number of aromatic nitrogens is 2. The number of rotatable bonds is 5. The molecule has 3 rings (SSSR count). The maximum Gasteiger partial charge on any atom is 0.573 e. The lowest BCUT2D eigenvalue weighted by molar-refractivity contribution is -0.274. The summed E-state index contributed by atoms with van der Waals surface area (Å²) < 4.78 is 51.3. The van der Waals surface area contributed by atoms with E-state index < -0.39 is 6.36 Å². The van der Waals surface area contributed by atoms with Crippen LogP contribution in [0.25, 0.3) is 10.9 Å². The van der Waals surface area contributed by atoms with Crippen LogP contribution in [0.2, 0.25) is 0 Å². The van der Waals surface area contributed by atoms with Crippen LogP contribution in [0.5, 0.6) is 17.2 Å². The van der Waals surface area contributed by atoms with Crippen LogP contribution < -0.4 is 19.5 Å². The first-order chi connectivity index (χ1) is 12.4. The van der Waals surface area contributed by atoms with Gasteiger partial charge in [0.15, 0.2) is 11.5 Å². The van der Waals surface area contributed by atoms with Crippen LogP contribution in [-0.4, -0.2) is 30.5 Å². The Morgan fingerprint density at radius 1 is 1.00 bits per heavy atom. The summed E-state index contributed by atoms with van der Waals surface area (Å²) in [5.41, 5.74) is 0.939. The van der Waals surface area contributed by atoms with E-state index in [0.29, 0.717) is 22.7 Å². The molecule has 0 radical (unpaired) electrons. The number of methoxy groups -OCH3 is 2. The quantitative estimate of drug-likeness (QED) is 0.728. The Labute approximate surface area is 146 Å². The van der Waals surface area contributed by atoms with Crippen LogP contribution in [-0.2, 0) is 0 Å². The van der Waals surface area contributed by atoms with Gasteiger partial charge in [-0.3, -0.25) is 0 Å². The summed E-state index contributed by atoms with van der Waals surface area (Å²) in [4.78, 5) is 8.49. The third kappa shape index (κ3) is 4.05. The van der Waals surface area contributed by atoms with Gasteiger partial charge in [0, 0.05) is 29.4 Å². The largest absolute Gasteiger partial charge is 0.573 e. The predicted molar refractivity (Wildman–Crippen MR) is 89.0 cm³/mol. The molecule has 0 bridgehead atoms. The molecule has 1 heterocycles. The summed E-state index contributed by atoms with van der Waals surface area (Å²) in [6, 6.07) is 8.83. The SMILES string of the molecule is COc1cc2cnc(Nc3cccc(OC(F)(F)F)c3)nc2cc1OC. The molecule has 9 heteroatoms. The molecule has 136 valence electrons. The van der Waals surface area contributed by atoms with E-state index in [-0.39, 0.29) is 11.7 Å². The minimum atomic E-state index is -4.76. The standard InChI is InChI=1S/C17H14F3N3O3/c1-24-14-6-10-9-21-16(23-13(10)8-15(14)25-2)22-11-4-3-5-12(7-11)26-17(18,19)20/h3-9H,1-2H3,(H,21,22,23). The number of benzene rings is 2. The molecule has 0 fully saturated rings. The number of hydrogen-bond donors (Lipinski definition) is 1. The average molecular weight is 365 g/mol. The van der Waals surface area contributed by atoms with Crippen molar-refractivity contribution in [1.82, 2.24) is 9.97 Å². The number of halogens is 3. The van der Waals surface area contributed by atoms with E-state index in [0.717, 1.165) is 5.39 Å². The van der Waals surface area contributed by atoms with Crippen molar-refractivity contribution >= 4 is 22.5 Å². The van der Waals surface area contributed by atoms with Gasteiger partial charge in [-0.05, 0) is 18.2 Å². The summed E-state index contributed by atoms with van der Waals surface area (Å²) in [5.74, 6) is 0.926. The minimum absolute atomic E-state index is 0.217. The first-order valence-corrected chi connectivity index (χ1v) is 7.39. The van der Waals surface area contributed by atoms with E-state index in [1.807, 2.05) is 0 Å². The zero-order valence-corrected chi connectivity index (χ0v) is 13.8. The minimum Gasteiger partial charge on any atom is -0.493 e. The highest BCUT2D eigenvalue weighted by atomic mass is 19.4. The first-order valence-electron chi connectivity index (χ1n) is 7.39. The zero-order valence-electron chi connectivity index (χ0n) is 13.8. The third-order valence-electron chi connectivity index (χ3n) is 3.41. The monoisotopic (exact) mass is 365 g/mol. The second-order valence-electron chi connectivity index (χ2n) is 5.16. The highest BCUT2D eigenvalue weighted by Gasteiger charge is 2.31. The number of hydrogen-bond acceptors (Lipinski definition) is 6. The van der Waals surface area contributed by atoms with Gasteiger partial charge in [-0.15, -0.1) is 13.2 Å². The van der Waals surface area contributed by atoms with Gasteiger partial charge in [0.05, 0.1) is 19.7 Å². The first kappa shape index (κ1) is 17.6. The van der Waals surface area contributed by atoms with E-state index in [1.165, 1.54) is 32.4 Å². The van der Waals surface area contributed by atoms with Crippen molar-refractivity contribution in [2.45, 2.75) is 6.36 Å². The molecule has 3 aromatic rings. The topological polar surface area (TPSA) is 65.5 Å². The maximum absolute atomic E-state index is 12.3. The van der Waals surface area contributed by atoms with Gasteiger partial charge in [0.2, 0.25) is 5.95 Å². The fourth-order valence-corrected chi connectivity index (χ4v) is 2.32. The summed E-state index contributed by atoms with van der Waals surface area (Å²) >= 11 is 0. The van der Waals surface area contributed by atoms with Gasteiger partial charge in [-0.2, -0.15) is 0 Å². The van der Waals surface area contributed by atoms with Gasteiger partial charge in [0.25, 0.3) is 0 Å². The Kier molecular flexibility index (Phi) is 4.70. The Hall–Kier alpha value is -3.23. The smallest absolute Gasteiger partial charge is 0.493 e. The van der Waals surface area contributed by atoms with Crippen LogP contribution in [0.15, 0.2) is 42.6 Å². The van der Waals surface area contributed by atoms with Crippen molar-refractivity contribution in [2.24, 2.45) is 0 Å². The van der Waals surface area contributed by atoms with Crippen LogP contribution in [0.3, 0.4) is 0 Å². The van der Waals surface area contributed by atoms with Crippen molar-refractivity contribution in [1.29, 1.82) is 0 Å². The number of nitrogens with one attached hydrogen (secondary N) is 1. The van der Waals surface area contributed by atoms with Gasteiger partial charge < -0.3 is 19.5 Å². The summed E-state index contributed by atoms with van der Waals surface area (Å²) in [6.45, 7) is 0. The third-order valence-corrected chi connectivity index (χ3v) is 3.41. The van der Waals surface area contributed by atoms with Gasteiger partial charge in [0.1, 0.15) is 5.75 Å². The number of ether oxygens (including phenoxy) is 3. The molecule has 6 nitrogen and oxygen atoms in total. The molecule has 0 amide bonds.